The minimum Gasteiger partial charge on any atom is -0.379 e. The van der Waals surface area contributed by atoms with Gasteiger partial charge >= 0.3 is 0 Å². The summed E-state index contributed by atoms with van der Waals surface area (Å²) in [4.78, 5) is 21.8. The van der Waals surface area contributed by atoms with E-state index in [2.05, 4.69) is 46.3 Å². The van der Waals surface area contributed by atoms with Crippen molar-refractivity contribution in [1.82, 2.24) is 19.7 Å². The van der Waals surface area contributed by atoms with Gasteiger partial charge in [-0.3, -0.25) is 9.69 Å². The van der Waals surface area contributed by atoms with Crippen molar-refractivity contribution in [2.24, 2.45) is 4.99 Å². The minimum atomic E-state index is 0.0208. The number of likely N-dealkylation sites (tertiary alicyclic amines) is 1. The van der Waals surface area contributed by atoms with Gasteiger partial charge in [0.15, 0.2) is 5.96 Å². The van der Waals surface area contributed by atoms with Crippen LogP contribution in [0.1, 0.15) is 24.5 Å². The van der Waals surface area contributed by atoms with Crippen LogP contribution in [0.25, 0.3) is 0 Å². The van der Waals surface area contributed by atoms with Crippen molar-refractivity contribution in [2.75, 3.05) is 45.9 Å². The Labute approximate surface area is 184 Å². The maximum Gasteiger partial charge on any atom is 0.250 e. The van der Waals surface area contributed by atoms with E-state index in [0.29, 0.717) is 19.1 Å². The largest absolute Gasteiger partial charge is 0.379 e. The summed E-state index contributed by atoms with van der Waals surface area (Å²) in [7, 11) is 0. The van der Waals surface area contributed by atoms with Gasteiger partial charge in [-0.25, -0.2) is 4.99 Å². The Morgan fingerprint density at radius 1 is 1.10 bits per heavy atom. The number of guanidine groups is 1. The molecule has 0 radical (unpaired) electrons. The molecular formula is C24H33N5O2. The number of aliphatic imine (C=N–C) groups is 1. The average Bonchev–Trinajstić information content (AvgIpc) is 3.30. The number of pyridine rings is 1. The van der Waals surface area contributed by atoms with Crippen LogP contribution in [0.15, 0.2) is 58.4 Å². The summed E-state index contributed by atoms with van der Waals surface area (Å²) in [5, 5.41) is 3.46. The molecule has 3 heterocycles. The van der Waals surface area contributed by atoms with Crippen LogP contribution in [-0.4, -0.2) is 72.3 Å². The highest BCUT2D eigenvalue weighted by atomic mass is 16.5. The Kier molecular flexibility index (Phi) is 7.38. The van der Waals surface area contributed by atoms with Gasteiger partial charge < -0.3 is 19.5 Å². The first-order chi connectivity index (χ1) is 15.2. The van der Waals surface area contributed by atoms with Gasteiger partial charge in [-0.15, -0.1) is 0 Å². The third-order valence-corrected chi connectivity index (χ3v) is 6.05. The molecule has 1 unspecified atom stereocenters. The summed E-state index contributed by atoms with van der Waals surface area (Å²) in [5.41, 5.74) is 2.30. The number of nitrogens with one attached hydrogen (secondary N) is 1. The highest BCUT2D eigenvalue weighted by molar-refractivity contribution is 5.80. The first kappa shape index (κ1) is 21.6. The molecule has 1 aromatic carbocycles. The lowest BCUT2D eigenvalue weighted by molar-refractivity contribution is 0.0195. The number of aromatic nitrogens is 1. The number of benzene rings is 1. The van der Waals surface area contributed by atoms with Crippen molar-refractivity contribution in [3.63, 3.8) is 0 Å². The molecule has 2 aliphatic heterocycles. The van der Waals surface area contributed by atoms with Gasteiger partial charge in [0, 0.05) is 51.0 Å². The summed E-state index contributed by atoms with van der Waals surface area (Å²) in [6, 6.07) is 14.2. The highest BCUT2D eigenvalue weighted by Gasteiger charge is 2.30. The molecule has 0 amide bonds. The predicted octanol–water partition coefficient (Wildman–Crippen LogP) is 1.77. The topological polar surface area (TPSA) is 62.1 Å². The van der Waals surface area contributed by atoms with Crippen LogP contribution in [-0.2, 0) is 17.8 Å². The van der Waals surface area contributed by atoms with Gasteiger partial charge in [0.25, 0.3) is 5.56 Å². The SMILES string of the molecule is CCNC(=NCc1ccc(Cn2ccccc2=O)cc1)N1CCC(N2CCOCC2)C1. The second-order valence-corrected chi connectivity index (χ2v) is 8.19. The van der Waals surface area contributed by atoms with Crippen LogP contribution in [0.5, 0.6) is 0 Å². The number of morpholine rings is 1. The van der Waals surface area contributed by atoms with Gasteiger partial charge in [0.2, 0.25) is 0 Å². The lowest BCUT2D eigenvalue weighted by atomic mass is 10.1. The first-order valence-electron chi connectivity index (χ1n) is 11.3. The van der Waals surface area contributed by atoms with Gasteiger partial charge in [0.05, 0.1) is 26.3 Å². The van der Waals surface area contributed by atoms with E-state index in [-0.39, 0.29) is 5.56 Å². The van der Waals surface area contributed by atoms with E-state index in [1.165, 1.54) is 12.0 Å². The second-order valence-electron chi connectivity index (χ2n) is 8.19. The summed E-state index contributed by atoms with van der Waals surface area (Å²) in [5.74, 6) is 0.998. The van der Waals surface area contributed by atoms with Gasteiger partial charge in [0.1, 0.15) is 0 Å². The molecule has 166 valence electrons. The van der Waals surface area contributed by atoms with Crippen LogP contribution in [0.4, 0.5) is 0 Å². The minimum absolute atomic E-state index is 0.0208. The zero-order valence-electron chi connectivity index (χ0n) is 18.4. The number of nitrogens with zero attached hydrogens (tertiary/aromatic N) is 4. The molecule has 1 N–H and O–H groups in total. The molecule has 4 rings (SSSR count). The molecule has 2 aromatic rings. The van der Waals surface area contributed by atoms with E-state index in [4.69, 9.17) is 9.73 Å². The Morgan fingerprint density at radius 3 is 2.61 bits per heavy atom. The lowest BCUT2D eigenvalue weighted by Gasteiger charge is -2.32. The Bertz CT molecular complexity index is 918. The van der Waals surface area contributed by atoms with E-state index in [9.17, 15) is 4.79 Å². The van der Waals surface area contributed by atoms with E-state index in [1.807, 2.05) is 12.3 Å². The van der Waals surface area contributed by atoms with Crippen LogP contribution < -0.4 is 10.9 Å². The van der Waals surface area contributed by atoms with Crippen molar-refractivity contribution in [2.45, 2.75) is 32.5 Å². The van der Waals surface area contributed by atoms with Gasteiger partial charge in [-0.05, 0) is 30.5 Å². The average molecular weight is 424 g/mol. The fourth-order valence-corrected chi connectivity index (χ4v) is 4.30. The van der Waals surface area contributed by atoms with Crippen LogP contribution in [0.2, 0.25) is 0 Å². The molecule has 0 spiro atoms. The Morgan fingerprint density at radius 2 is 1.87 bits per heavy atom. The number of hydrogen-bond donors (Lipinski definition) is 1. The Hall–Kier alpha value is -2.64. The van der Waals surface area contributed by atoms with Crippen molar-refractivity contribution in [1.29, 1.82) is 0 Å². The van der Waals surface area contributed by atoms with E-state index in [0.717, 1.165) is 57.5 Å². The highest BCUT2D eigenvalue weighted by Crippen LogP contribution is 2.17. The van der Waals surface area contributed by atoms with Crippen LogP contribution in [0, 0.1) is 0 Å². The van der Waals surface area contributed by atoms with Crippen LogP contribution >= 0.6 is 0 Å². The summed E-state index contributed by atoms with van der Waals surface area (Å²) >= 11 is 0. The number of ether oxygens (including phenoxy) is 1. The maximum absolute atomic E-state index is 11.9. The van der Waals surface area contributed by atoms with Gasteiger partial charge in [-0.1, -0.05) is 30.3 Å². The molecule has 1 aromatic heterocycles. The van der Waals surface area contributed by atoms with Gasteiger partial charge in [-0.2, -0.15) is 0 Å². The normalized spacial score (nSPS) is 20.2. The standard InChI is InChI=1S/C24H33N5O2/c1-2-25-24(29-12-10-22(19-29)27-13-15-31-16-14-27)26-17-20-6-8-21(9-7-20)18-28-11-4-3-5-23(28)30/h3-9,11,22H,2,10,12-19H2,1H3,(H,25,26). The molecule has 0 bridgehead atoms. The maximum atomic E-state index is 11.9. The van der Waals surface area contributed by atoms with E-state index >= 15 is 0 Å². The Balaban J connectivity index is 1.36. The van der Waals surface area contributed by atoms with E-state index < -0.39 is 0 Å². The molecule has 2 aliphatic rings. The molecule has 0 aliphatic carbocycles. The smallest absolute Gasteiger partial charge is 0.250 e. The molecule has 2 fully saturated rings. The third kappa shape index (κ3) is 5.74. The fourth-order valence-electron chi connectivity index (χ4n) is 4.30. The fraction of sp³-hybridized carbons (Fsp3) is 0.500. The zero-order valence-corrected chi connectivity index (χ0v) is 18.4. The number of hydrogen-bond acceptors (Lipinski definition) is 4. The predicted molar refractivity (Wildman–Crippen MR) is 123 cm³/mol. The van der Waals surface area contributed by atoms with Crippen molar-refractivity contribution < 1.29 is 4.74 Å². The van der Waals surface area contributed by atoms with Crippen LogP contribution in [0.3, 0.4) is 0 Å². The van der Waals surface area contributed by atoms with Crippen molar-refractivity contribution >= 4 is 5.96 Å². The first-order valence-corrected chi connectivity index (χ1v) is 11.3. The quantitative estimate of drug-likeness (QED) is 0.567. The zero-order chi connectivity index (χ0) is 21.5. The summed E-state index contributed by atoms with van der Waals surface area (Å²) in [6.07, 6.45) is 3.00. The monoisotopic (exact) mass is 423 g/mol. The molecule has 7 heteroatoms. The summed E-state index contributed by atoms with van der Waals surface area (Å²) in [6.45, 7) is 10.0. The molecule has 7 nitrogen and oxygen atoms in total. The van der Waals surface area contributed by atoms with E-state index in [1.54, 1.807) is 16.7 Å². The van der Waals surface area contributed by atoms with Crippen molar-refractivity contribution in [3.8, 4) is 0 Å². The summed E-state index contributed by atoms with van der Waals surface area (Å²) < 4.78 is 7.22. The molecule has 31 heavy (non-hydrogen) atoms. The number of rotatable bonds is 6. The molecule has 0 saturated carbocycles. The van der Waals surface area contributed by atoms with Crippen molar-refractivity contribution in [3.05, 3.63) is 70.1 Å². The molecule has 1 atom stereocenters. The lowest BCUT2D eigenvalue weighted by Crippen LogP contribution is -2.46. The second kappa shape index (κ2) is 10.6. The third-order valence-electron chi connectivity index (χ3n) is 6.05. The molecule has 2 saturated heterocycles. The molecular weight excluding hydrogens is 390 g/mol.